The molecule has 0 aliphatic rings. The highest BCUT2D eigenvalue weighted by Crippen LogP contribution is 2.30. The number of ether oxygens (including phenoxy) is 2. The van der Waals surface area contributed by atoms with Gasteiger partial charge in [0.05, 0.1) is 29.9 Å². The molecule has 0 aliphatic carbocycles. The first-order valence-electron chi connectivity index (χ1n) is 9.13. The molecule has 0 saturated heterocycles. The van der Waals surface area contributed by atoms with Gasteiger partial charge in [-0.05, 0) is 55.0 Å². The van der Waals surface area contributed by atoms with E-state index >= 15 is 0 Å². The van der Waals surface area contributed by atoms with Gasteiger partial charge in [0.2, 0.25) is 5.88 Å². The standard InChI is InChI=1S/C22H19ClN2O5/c1-2-29-21(27)12-14-3-9-19(18(23)11-14)30-20-10-6-16(13-24-20)25-22(28)15-4-7-17(26)8-5-15/h3-11,13,26H,2,12H2,1H3,(H,25,28). The molecule has 8 heteroatoms. The predicted octanol–water partition coefficient (Wildman–Crippen LogP) is 4.59. The van der Waals surface area contributed by atoms with Crippen LogP contribution in [0, 0.1) is 0 Å². The Morgan fingerprint density at radius 3 is 2.50 bits per heavy atom. The lowest BCUT2D eigenvalue weighted by Crippen LogP contribution is -2.11. The van der Waals surface area contributed by atoms with Gasteiger partial charge in [-0.1, -0.05) is 17.7 Å². The van der Waals surface area contributed by atoms with Crippen LogP contribution in [-0.2, 0) is 16.0 Å². The Hall–Kier alpha value is -3.58. The van der Waals surface area contributed by atoms with Crippen molar-refractivity contribution in [2.45, 2.75) is 13.3 Å². The molecule has 0 radical (unpaired) electrons. The largest absolute Gasteiger partial charge is 0.508 e. The van der Waals surface area contributed by atoms with Gasteiger partial charge in [-0.15, -0.1) is 0 Å². The Bertz CT molecular complexity index is 1040. The summed E-state index contributed by atoms with van der Waals surface area (Å²) in [7, 11) is 0. The van der Waals surface area contributed by atoms with Crippen molar-refractivity contribution in [3.05, 3.63) is 76.9 Å². The highest BCUT2D eigenvalue weighted by atomic mass is 35.5. The molecule has 0 saturated carbocycles. The summed E-state index contributed by atoms with van der Waals surface area (Å²) in [6, 6.07) is 14.2. The molecule has 154 valence electrons. The zero-order valence-corrected chi connectivity index (χ0v) is 16.8. The van der Waals surface area contributed by atoms with Gasteiger partial charge in [0.1, 0.15) is 11.5 Å². The fraction of sp³-hybridized carbons (Fsp3) is 0.136. The van der Waals surface area contributed by atoms with Crippen molar-refractivity contribution in [2.24, 2.45) is 0 Å². The molecule has 0 atom stereocenters. The third-order valence-electron chi connectivity index (χ3n) is 3.99. The number of hydrogen-bond donors (Lipinski definition) is 2. The molecule has 0 fully saturated rings. The lowest BCUT2D eigenvalue weighted by atomic mass is 10.1. The SMILES string of the molecule is CCOC(=O)Cc1ccc(Oc2ccc(NC(=O)c3ccc(O)cc3)cn2)c(Cl)c1. The smallest absolute Gasteiger partial charge is 0.310 e. The number of hydrogen-bond acceptors (Lipinski definition) is 6. The molecule has 30 heavy (non-hydrogen) atoms. The van der Waals surface area contributed by atoms with Gasteiger partial charge < -0.3 is 19.9 Å². The van der Waals surface area contributed by atoms with Crippen molar-refractivity contribution < 1.29 is 24.2 Å². The Morgan fingerprint density at radius 2 is 1.87 bits per heavy atom. The quantitative estimate of drug-likeness (QED) is 0.536. The number of phenols is 1. The summed E-state index contributed by atoms with van der Waals surface area (Å²) in [5.74, 6) is 0.108. The molecular weight excluding hydrogens is 408 g/mol. The number of carbonyl (C=O) groups excluding carboxylic acids is 2. The first kappa shape index (κ1) is 21.1. The maximum atomic E-state index is 12.2. The van der Waals surface area contributed by atoms with Crippen LogP contribution in [0.4, 0.5) is 5.69 Å². The fourth-order valence-electron chi connectivity index (χ4n) is 2.56. The molecule has 0 spiro atoms. The van der Waals surface area contributed by atoms with Crippen molar-refractivity contribution >= 4 is 29.2 Å². The van der Waals surface area contributed by atoms with E-state index < -0.39 is 0 Å². The summed E-state index contributed by atoms with van der Waals surface area (Å²) in [4.78, 5) is 27.9. The summed E-state index contributed by atoms with van der Waals surface area (Å²) in [5, 5.41) is 12.3. The maximum Gasteiger partial charge on any atom is 0.310 e. The molecule has 1 heterocycles. The minimum Gasteiger partial charge on any atom is -0.508 e. The molecule has 1 aromatic heterocycles. The third kappa shape index (κ3) is 5.71. The highest BCUT2D eigenvalue weighted by Gasteiger charge is 2.10. The number of phenolic OH excluding ortho intramolecular Hbond substituents is 1. The van der Waals surface area contributed by atoms with Crippen LogP contribution in [0.25, 0.3) is 0 Å². The molecule has 1 amide bonds. The van der Waals surface area contributed by atoms with Gasteiger partial charge in [-0.2, -0.15) is 0 Å². The van der Waals surface area contributed by atoms with E-state index in [-0.39, 0.29) is 29.9 Å². The zero-order valence-electron chi connectivity index (χ0n) is 16.1. The van der Waals surface area contributed by atoms with Crippen LogP contribution in [-0.4, -0.2) is 28.6 Å². The van der Waals surface area contributed by atoms with Crippen LogP contribution in [0.5, 0.6) is 17.4 Å². The second kappa shape index (κ2) is 9.76. The molecule has 2 N–H and O–H groups in total. The van der Waals surface area contributed by atoms with E-state index in [0.29, 0.717) is 34.2 Å². The van der Waals surface area contributed by atoms with Crippen molar-refractivity contribution in [3.63, 3.8) is 0 Å². The lowest BCUT2D eigenvalue weighted by molar-refractivity contribution is -0.142. The van der Waals surface area contributed by atoms with E-state index in [9.17, 15) is 14.7 Å². The molecule has 2 aromatic carbocycles. The van der Waals surface area contributed by atoms with Crippen molar-refractivity contribution in [2.75, 3.05) is 11.9 Å². The second-order valence-electron chi connectivity index (χ2n) is 6.23. The van der Waals surface area contributed by atoms with Crippen LogP contribution in [0.3, 0.4) is 0 Å². The van der Waals surface area contributed by atoms with E-state index in [0.717, 1.165) is 0 Å². The van der Waals surface area contributed by atoms with E-state index in [1.807, 2.05) is 0 Å². The number of aromatic nitrogens is 1. The highest BCUT2D eigenvalue weighted by molar-refractivity contribution is 6.32. The first-order chi connectivity index (χ1) is 14.4. The average molecular weight is 427 g/mol. The van der Waals surface area contributed by atoms with Gasteiger partial charge in [-0.3, -0.25) is 9.59 Å². The van der Waals surface area contributed by atoms with Gasteiger partial charge in [0, 0.05) is 11.6 Å². The number of esters is 1. The third-order valence-corrected chi connectivity index (χ3v) is 4.28. The molecule has 0 bridgehead atoms. The predicted molar refractivity (Wildman–Crippen MR) is 112 cm³/mol. The van der Waals surface area contributed by atoms with Gasteiger partial charge in [0.25, 0.3) is 5.91 Å². The van der Waals surface area contributed by atoms with Gasteiger partial charge in [0.15, 0.2) is 0 Å². The minimum atomic E-state index is -0.328. The molecular formula is C22H19ClN2O5. The van der Waals surface area contributed by atoms with E-state index in [4.69, 9.17) is 21.1 Å². The Kier molecular flexibility index (Phi) is 6.87. The maximum absolute atomic E-state index is 12.2. The minimum absolute atomic E-state index is 0.0855. The van der Waals surface area contributed by atoms with E-state index in [2.05, 4.69) is 10.3 Å². The molecule has 0 unspecified atom stereocenters. The number of benzene rings is 2. The average Bonchev–Trinajstić information content (AvgIpc) is 2.72. The van der Waals surface area contributed by atoms with E-state index in [1.165, 1.54) is 30.5 Å². The summed E-state index contributed by atoms with van der Waals surface area (Å²) in [5.41, 5.74) is 1.60. The fourth-order valence-corrected chi connectivity index (χ4v) is 2.80. The number of carbonyl (C=O) groups is 2. The summed E-state index contributed by atoms with van der Waals surface area (Å²) in [6.07, 6.45) is 1.58. The van der Waals surface area contributed by atoms with E-state index in [1.54, 1.807) is 37.3 Å². The molecule has 3 aromatic rings. The van der Waals surface area contributed by atoms with Crippen LogP contribution in [0.2, 0.25) is 5.02 Å². The Morgan fingerprint density at radius 1 is 1.10 bits per heavy atom. The molecule has 7 nitrogen and oxygen atoms in total. The normalized spacial score (nSPS) is 10.3. The van der Waals surface area contributed by atoms with Gasteiger partial charge in [-0.25, -0.2) is 4.98 Å². The molecule has 0 aliphatic heterocycles. The number of nitrogens with one attached hydrogen (secondary N) is 1. The van der Waals surface area contributed by atoms with Gasteiger partial charge >= 0.3 is 5.97 Å². The van der Waals surface area contributed by atoms with Crippen LogP contribution >= 0.6 is 11.6 Å². The number of pyridine rings is 1. The number of rotatable bonds is 7. The first-order valence-corrected chi connectivity index (χ1v) is 9.50. The van der Waals surface area contributed by atoms with Crippen molar-refractivity contribution in [3.8, 4) is 17.4 Å². The summed E-state index contributed by atoms with van der Waals surface area (Å²) >= 11 is 6.24. The van der Waals surface area contributed by atoms with Crippen molar-refractivity contribution in [1.29, 1.82) is 0 Å². The number of nitrogens with zero attached hydrogens (tertiary/aromatic N) is 1. The Labute approximate surface area is 178 Å². The van der Waals surface area contributed by atoms with Crippen LogP contribution in [0.1, 0.15) is 22.8 Å². The summed E-state index contributed by atoms with van der Waals surface area (Å²) < 4.78 is 10.6. The number of anilines is 1. The topological polar surface area (TPSA) is 97.8 Å². The number of amides is 1. The number of halogens is 1. The molecule has 3 rings (SSSR count). The Balaban J connectivity index is 1.62. The van der Waals surface area contributed by atoms with Crippen molar-refractivity contribution in [1.82, 2.24) is 4.98 Å². The lowest BCUT2D eigenvalue weighted by Gasteiger charge is -2.10. The monoisotopic (exact) mass is 426 g/mol. The number of aromatic hydroxyl groups is 1. The summed E-state index contributed by atoms with van der Waals surface area (Å²) in [6.45, 7) is 2.07. The van der Waals surface area contributed by atoms with Crippen LogP contribution < -0.4 is 10.1 Å². The zero-order chi connectivity index (χ0) is 21.5. The second-order valence-corrected chi connectivity index (χ2v) is 6.64. The van der Waals surface area contributed by atoms with Crippen LogP contribution in [0.15, 0.2) is 60.8 Å².